The van der Waals surface area contributed by atoms with E-state index in [0.29, 0.717) is 56.0 Å². The third-order valence-corrected chi connectivity index (χ3v) is 8.62. The fourth-order valence-electron chi connectivity index (χ4n) is 6.29. The summed E-state index contributed by atoms with van der Waals surface area (Å²) in [6.45, 7) is 10.8. The van der Waals surface area contributed by atoms with Gasteiger partial charge < -0.3 is 40.0 Å². The van der Waals surface area contributed by atoms with Crippen LogP contribution in [-0.2, 0) is 37.3 Å². The molecule has 12 heteroatoms. The number of nitrogens with one attached hydrogen (secondary N) is 2. The number of H-pyrrole nitrogens is 2. The summed E-state index contributed by atoms with van der Waals surface area (Å²) in [6, 6.07) is 7.32. The van der Waals surface area contributed by atoms with Gasteiger partial charge in [-0.15, -0.1) is 6.10 Å². The number of hydrogen-bond donors (Lipinski definition) is 3. The Hall–Kier alpha value is -2.60. The van der Waals surface area contributed by atoms with Crippen LogP contribution in [0.3, 0.4) is 0 Å². The molecule has 0 saturated heterocycles. The van der Waals surface area contributed by atoms with Crippen molar-refractivity contribution in [2.24, 2.45) is 0 Å². The van der Waals surface area contributed by atoms with E-state index in [1.165, 1.54) is 0 Å². The summed E-state index contributed by atoms with van der Waals surface area (Å²) in [5, 5.41) is 46.5. The van der Waals surface area contributed by atoms with E-state index in [-0.39, 0.29) is 82.9 Å². The fourth-order valence-corrected chi connectivity index (χ4v) is 6.29. The van der Waals surface area contributed by atoms with Gasteiger partial charge in [0.1, 0.15) is 0 Å². The summed E-state index contributed by atoms with van der Waals surface area (Å²) >= 11 is 0. The van der Waals surface area contributed by atoms with Gasteiger partial charge in [0, 0.05) is 39.6 Å². The van der Waals surface area contributed by atoms with Crippen LogP contribution < -0.4 is 44.9 Å². The second-order valence-corrected chi connectivity index (χ2v) is 11.6. The minimum atomic E-state index is -1.18. The van der Waals surface area contributed by atoms with Crippen molar-refractivity contribution in [2.45, 2.75) is 79.4 Å². The second kappa shape index (κ2) is 15.1. The topological polar surface area (TPSA) is 181 Å². The number of hydrogen-bond acceptors (Lipinski definition) is 8. The molecule has 230 valence electrons. The van der Waals surface area contributed by atoms with Gasteiger partial charge >= 0.3 is 57.2 Å². The van der Waals surface area contributed by atoms with Crippen LogP contribution in [0.15, 0.2) is 24.3 Å². The van der Waals surface area contributed by atoms with E-state index in [9.17, 15) is 30.0 Å². The molecule has 5 rings (SSSR count). The van der Waals surface area contributed by atoms with E-state index >= 15 is 0 Å². The number of nitrogens with zero attached hydrogens (tertiary/aromatic N) is 2. The summed E-state index contributed by atoms with van der Waals surface area (Å²) in [4.78, 5) is 39.4. The number of rotatable bonds is 8. The number of aliphatic hydroxyl groups excluding tert-OH is 1. The summed E-state index contributed by atoms with van der Waals surface area (Å²) in [6.07, 6.45) is -1.88. The average Bonchev–Trinajstić information content (AvgIpc) is 3.59. The number of carboxylic acid groups (broad SMARTS) is 2. The number of aromatic amines is 2. The van der Waals surface area contributed by atoms with Crippen molar-refractivity contribution in [2.75, 3.05) is 0 Å². The summed E-state index contributed by atoms with van der Waals surface area (Å²) in [5.74, 6) is -2.36. The molecular weight excluding hydrogens is 784 g/mol. The zero-order chi connectivity index (χ0) is 32.0. The number of carboxylic acids is 2. The minimum Gasteiger partial charge on any atom is -0.849 e. The van der Waals surface area contributed by atoms with Crippen LogP contribution in [0.4, 0.5) is 0 Å². The van der Waals surface area contributed by atoms with Crippen LogP contribution in [0, 0.1) is 13.8 Å². The second-order valence-electron chi connectivity index (χ2n) is 11.6. The quantitative estimate of drug-likeness (QED) is 0.272. The zero-order valence-corrected chi connectivity index (χ0v) is 34.9. The molecule has 0 amide bonds. The predicted molar refractivity (Wildman–Crippen MR) is 163 cm³/mol. The molecule has 3 aromatic heterocycles. The number of aromatic nitrogens is 4. The van der Waals surface area contributed by atoms with E-state index in [4.69, 9.17) is 9.97 Å². The van der Waals surface area contributed by atoms with Crippen molar-refractivity contribution in [3.05, 3.63) is 69.3 Å². The van der Waals surface area contributed by atoms with Gasteiger partial charge in [-0.3, -0.25) is 0 Å². The molecule has 2 aliphatic heterocycles. The monoisotopic (exact) mass is 820 g/mol. The van der Waals surface area contributed by atoms with Gasteiger partial charge in [-0.25, -0.2) is 9.97 Å². The van der Waals surface area contributed by atoms with Gasteiger partial charge in [0.15, 0.2) is 0 Å². The van der Waals surface area contributed by atoms with Gasteiger partial charge in [0.2, 0.25) is 0 Å². The Morgan fingerprint density at radius 3 is 1.57 bits per heavy atom. The van der Waals surface area contributed by atoms with Gasteiger partial charge in [-0.1, -0.05) is 6.92 Å². The number of fused-ring (bicyclic) bond motifs is 8. The molecule has 0 aromatic carbocycles. The smallest absolute Gasteiger partial charge is 0.849 e. The van der Waals surface area contributed by atoms with Crippen LogP contribution in [0.5, 0.6) is 0 Å². The van der Waals surface area contributed by atoms with E-state index in [1.807, 2.05) is 45.9 Å². The minimum absolute atomic E-state index is 0. The first-order valence-corrected chi connectivity index (χ1v) is 14.7. The maximum Gasteiger partial charge on any atom is 2.00 e. The Balaban J connectivity index is 0.00000288. The fraction of sp³-hybridized carbons (Fsp3) is 0.353. The third kappa shape index (κ3) is 7.42. The molecule has 10 nitrogen and oxygen atoms in total. The van der Waals surface area contributed by atoms with Gasteiger partial charge in [0.05, 0.1) is 28.9 Å². The average molecular weight is 819 g/mol. The Bertz CT molecular complexity index is 1940. The third-order valence-electron chi connectivity index (χ3n) is 8.62. The molecule has 3 N–H and O–H groups in total. The number of aliphatic carboxylic acids is 2. The van der Waals surface area contributed by atoms with Crippen molar-refractivity contribution in [1.29, 1.82) is 0 Å². The van der Waals surface area contributed by atoms with Crippen molar-refractivity contribution < 1.29 is 87.2 Å². The van der Waals surface area contributed by atoms with Crippen LogP contribution in [0.25, 0.3) is 44.4 Å². The number of aliphatic hydroxyl groups is 1. The molecule has 0 spiro atoms. The summed E-state index contributed by atoms with van der Waals surface area (Å²) in [7, 11) is 0. The Morgan fingerprint density at radius 1 is 0.717 bits per heavy atom. The van der Waals surface area contributed by atoms with Gasteiger partial charge in [0.25, 0.3) is 0 Å². The van der Waals surface area contributed by atoms with Crippen LogP contribution >= 0.6 is 0 Å². The first-order chi connectivity index (χ1) is 20.8. The zero-order valence-electron chi connectivity index (χ0n) is 27.4. The molecule has 8 bridgehead atoms. The molecule has 0 fully saturated rings. The van der Waals surface area contributed by atoms with Crippen molar-refractivity contribution in [1.82, 2.24) is 19.9 Å². The first-order valence-electron chi connectivity index (χ1n) is 14.7. The van der Waals surface area contributed by atoms with E-state index in [1.54, 1.807) is 19.9 Å². The molecule has 0 radical (unpaired) electrons. The first kappa shape index (κ1) is 37.8. The van der Waals surface area contributed by atoms with Crippen molar-refractivity contribution >= 4 is 56.3 Å². The molecule has 2 atom stereocenters. The molecule has 46 heavy (non-hydrogen) atoms. The summed E-state index contributed by atoms with van der Waals surface area (Å²) in [5.41, 5.74) is 10.8. The SMILES string of the molecule is CC1=C(CCC(=O)[O-])c2cc3nc(cc4[nH]c(cc5[nH]c(cc1n2)c(C)c5C(C)[O-])c(C)c4C(C)O)C(C)=C3CCC(=O)[O-].[Hg+2].[Na+]. The number of carbonyl (C=O) groups is 2. The van der Waals surface area contributed by atoms with E-state index in [0.717, 1.165) is 33.4 Å². The normalized spacial score (nSPS) is 14.1. The van der Waals surface area contributed by atoms with Gasteiger partial charge in [-0.2, -0.15) is 0 Å². The van der Waals surface area contributed by atoms with Crippen LogP contribution in [-0.4, -0.2) is 37.0 Å². The number of carbonyl (C=O) groups excluding carboxylic acids is 2. The Kier molecular flexibility index (Phi) is 12.4. The molecule has 2 unspecified atom stereocenters. The molecule has 5 heterocycles. The van der Waals surface area contributed by atoms with Gasteiger partial charge in [-0.05, 0) is 124 Å². The molecule has 3 aromatic rings. The largest absolute Gasteiger partial charge is 2.00 e. The molecule has 0 saturated carbocycles. The van der Waals surface area contributed by atoms with E-state index in [2.05, 4.69) is 9.97 Å². The van der Waals surface area contributed by atoms with Crippen LogP contribution in [0.1, 0.15) is 111 Å². The Labute approximate surface area is 309 Å². The van der Waals surface area contributed by atoms with E-state index < -0.39 is 24.1 Å². The number of aryl methyl sites for hydroxylation is 2. The van der Waals surface area contributed by atoms with Crippen molar-refractivity contribution in [3.63, 3.8) is 0 Å². The van der Waals surface area contributed by atoms with Crippen LogP contribution in [0.2, 0.25) is 0 Å². The summed E-state index contributed by atoms with van der Waals surface area (Å²) < 4.78 is 0. The van der Waals surface area contributed by atoms with Crippen molar-refractivity contribution in [3.8, 4) is 0 Å². The molecular formula is C34H35HgN4NaO6. The molecule has 2 aliphatic rings. The standard InChI is InChI=1S/C34H37N4O6.Hg.Na/c1-15-21(7-9-31(41)42)27-14-28-22(8-10-32(43)44)16(2)24(36-28)12-29-34(20(6)40)18(4)26(38-29)13-30-33(19(5)39)17(3)25(37-30)11-23(15)35-27;;/h11-14,19-20,37-38,40H,7-10H2,1-6H3,(H,41,42)(H,43,44);;/q-1;+2;+1/p-2. The predicted octanol–water partition coefficient (Wildman–Crippen LogP) is 0.329. The maximum absolute atomic E-state index is 12.9. The maximum atomic E-state index is 12.9. The number of allylic oxidation sites excluding steroid dienone is 4. The molecule has 0 aliphatic carbocycles. The Morgan fingerprint density at radius 2 is 1.13 bits per heavy atom.